The van der Waals surface area contributed by atoms with E-state index in [4.69, 9.17) is 0 Å². The zero-order chi connectivity index (χ0) is 6.69. The van der Waals surface area contributed by atoms with Gasteiger partial charge in [0.2, 0.25) is 0 Å². The summed E-state index contributed by atoms with van der Waals surface area (Å²) in [6.45, 7) is -2.52. The van der Waals surface area contributed by atoms with E-state index >= 15 is 0 Å². The van der Waals surface area contributed by atoms with Gasteiger partial charge in [-0.25, -0.2) is 4.98 Å². The minimum absolute atomic E-state index is 0.255. The Labute approximate surface area is 54.5 Å². The predicted octanol–water partition coefficient (Wildman–Crippen LogP) is 1.78. The summed E-state index contributed by atoms with van der Waals surface area (Å²) in [4.78, 5) is 3.58. The first-order chi connectivity index (χ1) is 4.29. The van der Waals surface area contributed by atoms with Crippen LogP contribution in [0.15, 0.2) is 11.6 Å². The number of halogens is 2. The molecule has 0 amide bonds. The summed E-state index contributed by atoms with van der Waals surface area (Å²) >= 11 is 1.15. The Morgan fingerprint density at radius 3 is 2.89 bits per heavy atom. The lowest BCUT2D eigenvalue weighted by Crippen LogP contribution is -2.05. The Bertz CT molecular complexity index is 163. The second-order valence-electron chi connectivity index (χ2n) is 1.28. The molecule has 0 aliphatic heterocycles. The molecule has 1 rings (SSSR count). The first kappa shape index (κ1) is 6.41. The van der Waals surface area contributed by atoms with Gasteiger partial charge in [0.15, 0.2) is 5.13 Å². The van der Waals surface area contributed by atoms with Crippen LogP contribution in [-0.2, 0) is 0 Å². The van der Waals surface area contributed by atoms with Gasteiger partial charge < -0.3 is 5.32 Å². The number of hydrogen-bond donors (Lipinski definition) is 1. The van der Waals surface area contributed by atoms with Crippen molar-refractivity contribution in [2.24, 2.45) is 0 Å². The highest BCUT2D eigenvalue weighted by Gasteiger charge is 2.01. The van der Waals surface area contributed by atoms with Crippen LogP contribution < -0.4 is 5.32 Å². The van der Waals surface area contributed by atoms with Gasteiger partial charge in [0.1, 0.15) is 0 Å². The zero-order valence-corrected chi connectivity index (χ0v) is 5.16. The molecule has 0 aliphatic rings. The lowest BCUT2D eigenvalue weighted by atomic mass is 11.0. The molecule has 9 heavy (non-hydrogen) atoms. The molecule has 0 spiro atoms. The fourth-order valence-corrected chi connectivity index (χ4v) is 0.918. The van der Waals surface area contributed by atoms with Crippen LogP contribution in [0.4, 0.5) is 13.9 Å². The molecule has 0 aliphatic carbocycles. The first-order valence-electron chi connectivity index (χ1n) is 2.23. The standard InChI is InChI=1S/C4H4F2N2S/c5-3(6)8-4-7-1-2-9-4/h1-3H,(H,7,8). The third kappa shape index (κ3) is 1.93. The van der Waals surface area contributed by atoms with Crippen molar-refractivity contribution in [3.05, 3.63) is 11.6 Å². The summed E-state index contributed by atoms with van der Waals surface area (Å²) in [6.07, 6.45) is 1.47. The van der Waals surface area contributed by atoms with Crippen LogP contribution in [0, 0.1) is 0 Å². The van der Waals surface area contributed by atoms with Gasteiger partial charge in [0.25, 0.3) is 0 Å². The predicted molar refractivity (Wildman–Crippen MR) is 31.7 cm³/mol. The Balaban J connectivity index is 2.48. The lowest BCUT2D eigenvalue weighted by Gasteiger charge is -1.96. The van der Waals surface area contributed by atoms with Crippen LogP contribution in [0.2, 0.25) is 0 Å². The average Bonchev–Trinajstić information content (AvgIpc) is 2.15. The monoisotopic (exact) mass is 150 g/mol. The van der Waals surface area contributed by atoms with E-state index in [1.165, 1.54) is 6.20 Å². The van der Waals surface area contributed by atoms with Crippen molar-refractivity contribution < 1.29 is 8.78 Å². The van der Waals surface area contributed by atoms with Crippen molar-refractivity contribution in [3.63, 3.8) is 0 Å². The second kappa shape index (κ2) is 2.72. The van der Waals surface area contributed by atoms with Gasteiger partial charge in [-0.1, -0.05) is 0 Å². The number of anilines is 1. The average molecular weight is 150 g/mol. The molecular weight excluding hydrogens is 146 g/mol. The lowest BCUT2D eigenvalue weighted by molar-refractivity contribution is 0.181. The maximum Gasteiger partial charge on any atom is 0.314 e. The smallest absolute Gasteiger partial charge is 0.306 e. The third-order valence-corrected chi connectivity index (χ3v) is 1.37. The van der Waals surface area contributed by atoms with Crippen LogP contribution >= 0.6 is 11.3 Å². The summed E-state index contributed by atoms with van der Waals surface area (Å²) in [5, 5.41) is 3.74. The van der Waals surface area contributed by atoms with E-state index in [0.29, 0.717) is 0 Å². The van der Waals surface area contributed by atoms with E-state index in [9.17, 15) is 8.78 Å². The quantitative estimate of drug-likeness (QED) is 0.650. The molecular formula is C4H4F2N2S. The molecule has 1 N–H and O–H groups in total. The van der Waals surface area contributed by atoms with E-state index in [1.807, 2.05) is 5.32 Å². The molecule has 0 bridgehead atoms. The van der Waals surface area contributed by atoms with E-state index in [-0.39, 0.29) is 5.13 Å². The number of thiazole rings is 1. The fraction of sp³-hybridized carbons (Fsp3) is 0.250. The summed E-state index contributed by atoms with van der Waals surface area (Å²) < 4.78 is 22.9. The molecule has 0 atom stereocenters. The van der Waals surface area contributed by atoms with Crippen molar-refractivity contribution in [3.8, 4) is 0 Å². The van der Waals surface area contributed by atoms with Gasteiger partial charge in [-0.2, -0.15) is 8.78 Å². The van der Waals surface area contributed by atoms with Gasteiger partial charge in [0, 0.05) is 11.6 Å². The zero-order valence-electron chi connectivity index (χ0n) is 4.34. The summed E-state index contributed by atoms with van der Waals surface area (Å²) in [5.41, 5.74) is 0. The van der Waals surface area contributed by atoms with Gasteiger partial charge in [-0.15, -0.1) is 11.3 Å². The largest absolute Gasteiger partial charge is 0.314 e. The highest BCUT2D eigenvalue weighted by molar-refractivity contribution is 7.13. The van der Waals surface area contributed by atoms with Crippen LogP contribution in [0.1, 0.15) is 0 Å². The normalized spacial score (nSPS) is 10.1. The van der Waals surface area contributed by atoms with Gasteiger partial charge in [-0.3, -0.25) is 0 Å². The van der Waals surface area contributed by atoms with Gasteiger partial charge in [-0.05, 0) is 0 Å². The molecule has 0 aromatic carbocycles. The molecule has 0 unspecified atom stereocenters. The fourth-order valence-electron chi connectivity index (χ4n) is 0.388. The highest BCUT2D eigenvalue weighted by Crippen LogP contribution is 2.11. The maximum atomic E-state index is 11.5. The Morgan fingerprint density at radius 2 is 2.44 bits per heavy atom. The topological polar surface area (TPSA) is 24.9 Å². The van der Waals surface area contributed by atoms with Crippen LogP contribution in [0.5, 0.6) is 0 Å². The molecule has 2 nitrogen and oxygen atoms in total. The number of aromatic nitrogens is 1. The number of hydrogen-bond acceptors (Lipinski definition) is 3. The van der Waals surface area contributed by atoms with Gasteiger partial charge in [0.05, 0.1) is 0 Å². The minimum Gasteiger partial charge on any atom is -0.306 e. The molecule has 0 saturated heterocycles. The molecule has 0 radical (unpaired) electrons. The van der Waals surface area contributed by atoms with Crippen LogP contribution in [0.25, 0.3) is 0 Å². The molecule has 5 heteroatoms. The third-order valence-electron chi connectivity index (χ3n) is 0.665. The Morgan fingerprint density at radius 1 is 1.67 bits per heavy atom. The number of alkyl halides is 2. The van der Waals surface area contributed by atoms with E-state index in [2.05, 4.69) is 4.98 Å². The first-order valence-corrected chi connectivity index (χ1v) is 3.11. The maximum absolute atomic E-state index is 11.5. The molecule has 1 aromatic rings. The van der Waals surface area contributed by atoms with Crippen LogP contribution in [-0.4, -0.2) is 11.5 Å². The van der Waals surface area contributed by atoms with Crippen molar-refractivity contribution in [2.45, 2.75) is 6.55 Å². The Kier molecular flexibility index (Phi) is 1.94. The summed E-state index contributed by atoms with van der Waals surface area (Å²) in [5.74, 6) is 0. The van der Waals surface area contributed by atoms with E-state index in [0.717, 1.165) is 11.3 Å². The number of nitrogens with zero attached hydrogens (tertiary/aromatic N) is 1. The van der Waals surface area contributed by atoms with Crippen molar-refractivity contribution >= 4 is 16.5 Å². The summed E-state index contributed by atoms with van der Waals surface area (Å²) in [7, 11) is 0. The number of rotatable bonds is 2. The van der Waals surface area contributed by atoms with Crippen LogP contribution in [0.3, 0.4) is 0 Å². The highest BCUT2D eigenvalue weighted by atomic mass is 32.1. The molecule has 1 heterocycles. The van der Waals surface area contributed by atoms with E-state index in [1.54, 1.807) is 5.38 Å². The van der Waals surface area contributed by atoms with Crippen molar-refractivity contribution in [1.29, 1.82) is 0 Å². The second-order valence-corrected chi connectivity index (χ2v) is 2.18. The summed E-state index contributed by atoms with van der Waals surface area (Å²) in [6, 6.07) is 0. The molecule has 1 aromatic heterocycles. The Hall–Kier alpha value is -0.710. The number of nitrogens with one attached hydrogen (secondary N) is 1. The van der Waals surface area contributed by atoms with E-state index < -0.39 is 6.55 Å². The molecule has 50 valence electrons. The molecule has 0 saturated carbocycles. The van der Waals surface area contributed by atoms with Crippen molar-refractivity contribution in [1.82, 2.24) is 4.98 Å². The SMILES string of the molecule is FC(F)Nc1nccs1. The van der Waals surface area contributed by atoms with Gasteiger partial charge >= 0.3 is 6.55 Å². The van der Waals surface area contributed by atoms with Crippen molar-refractivity contribution in [2.75, 3.05) is 5.32 Å². The molecule has 0 fully saturated rings. The minimum atomic E-state index is -2.52.